The third-order valence-electron chi connectivity index (χ3n) is 2.61. The van der Waals surface area contributed by atoms with Gasteiger partial charge in [-0.2, -0.15) is 0 Å². The summed E-state index contributed by atoms with van der Waals surface area (Å²) in [5.74, 6) is 0. The lowest BCUT2D eigenvalue weighted by molar-refractivity contribution is 0.151. The largest absolute Gasteiger partial charge is 0.385 e. The number of benzene rings is 1. The van der Waals surface area contributed by atoms with E-state index in [0.717, 1.165) is 12.0 Å². The molecule has 0 saturated heterocycles. The quantitative estimate of drug-likeness (QED) is 0.794. The first-order valence-electron chi connectivity index (χ1n) is 5.72. The Hall–Kier alpha value is -1.00. The number of alkyl halides is 2. The second-order valence-corrected chi connectivity index (χ2v) is 4.11. The molecule has 0 heterocycles. The van der Waals surface area contributed by atoms with Crippen molar-refractivity contribution in [2.75, 3.05) is 13.7 Å². The summed E-state index contributed by atoms with van der Waals surface area (Å²) in [6, 6.07) is 6.81. The second kappa shape index (κ2) is 7.35. The lowest BCUT2D eigenvalue weighted by atomic mass is 10.1. The minimum atomic E-state index is -2.40. The van der Waals surface area contributed by atoms with E-state index in [0.29, 0.717) is 19.2 Å². The number of ether oxygens (including phenoxy) is 1. The number of halogens is 2. The van der Waals surface area contributed by atoms with Gasteiger partial charge in [0.1, 0.15) is 0 Å². The zero-order valence-electron chi connectivity index (χ0n) is 10.2. The fourth-order valence-electron chi connectivity index (χ4n) is 1.53. The molecule has 17 heavy (non-hydrogen) atoms. The Labute approximate surface area is 101 Å². The molecule has 0 spiro atoms. The summed E-state index contributed by atoms with van der Waals surface area (Å²) in [6.07, 6.45) is -1.49. The fraction of sp³-hybridized carbons (Fsp3) is 0.538. The van der Waals surface area contributed by atoms with Gasteiger partial charge in [0, 0.05) is 31.9 Å². The number of nitrogens with one attached hydrogen (secondary N) is 1. The molecular formula is C13H19F2NO. The van der Waals surface area contributed by atoms with Crippen molar-refractivity contribution in [1.82, 2.24) is 5.32 Å². The zero-order chi connectivity index (χ0) is 12.7. The molecule has 1 rings (SSSR count). The van der Waals surface area contributed by atoms with E-state index in [4.69, 9.17) is 4.74 Å². The lowest BCUT2D eigenvalue weighted by Gasteiger charge is -2.13. The molecule has 1 N–H and O–H groups in total. The van der Waals surface area contributed by atoms with Crippen LogP contribution < -0.4 is 5.32 Å². The fourth-order valence-corrected chi connectivity index (χ4v) is 1.53. The predicted octanol–water partition coefficient (Wildman–Crippen LogP) is 3.14. The van der Waals surface area contributed by atoms with Crippen molar-refractivity contribution in [2.24, 2.45) is 0 Å². The molecule has 0 bridgehead atoms. The molecule has 0 fully saturated rings. The van der Waals surface area contributed by atoms with Crippen LogP contribution in [-0.2, 0) is 11.3 Å². The van der Waals surface area contributed by atoms with Gasteiger partial charge in [-0.15, -0.1) is 0 Å². The molecule has 4 heteroatoms. The molecule has 1 aromatic carbocycles. The standard InChI is InChI=1S/C13H19F2NO/c1-10(6-7-17-2)16-9-11-4-3-5-12(8-11)13(14)15/h3-5,8,10,13,16H,6-7,9H2,1-2H3. The third-order valence-corrected chi connectivity index (χ3v) is 2.61. The number of rotatable bonds is 7. The van der Waals surface area contributed by atoms with E-state index in [1.807, 2.05) is 6.07 Å². The topological polar surface area (TPSA) is 21.3 Å². The molecule has 0 amide bonds. The molecule has 0 aliphatic rings. The van der Waals surface area contributed by atoms with Gasteiger partial charge in [-0.25, -0.2) is 8.78 Å². The molecule has 0 aliphatic heterocycles. The van der Waals surface area contributed by atoms with Crippen molar-refractivity contribution in [2.45, 2.75) is 32.4 Å². The maximum absolute atomic E-state index is 12.5. The summed E-state index contributed by atoms with van der Waals surface area (Å²) in [6.45, 7) is 3.35. The van der Waals surface area contributed by atoms with Crippen LogP contribution >= 0.6 is 0 Å². The van der Waals surface area contributed by atoms with E-state index >= 15 is 0 Å². The Morgan fingerprint density at radius 1 is 1.35 bits per heavy atom. The van der Waals surface area contributed by atoms with Gasteiger partial charge in [0.2, 0.25) is 0 Å². The van der Waals surface area contributed by atoms with Crippen molar-refractivity contribution < 1.29 is 13.5 Å². The van der Waals surface area contributed by atoms with Crippen LogP contribution in [-0.4, -0.2) is 19.8 Å². The van der Waals surface area contributed by atoms with E-state index in [9.17, 15) is 8.78 Å². The molecule has 0 saturated carbocycles. The van der Waals surface area contributed by atoms with Gasteiger partial charge in [-0.3, -0.25) is 0 Å². The monoisotopic (exact) mass is 243 g/mol. The normalized spacial score (nSPS) is 13.0. The highest BCUT2D eigenvalue weighted by atomic mass is 19.3. The third kappa shape index (κ3) is 5.24. The van der Waals surface area contributed by atoms with Crippen molar-refractivity contribution in [3.05, 3.63) is 35.4 Å². The van der Waals surface area contributed by atoms with E-state index < -0.39 is 6.43 Å². The summed E-state index contributed by atoms with van der Waals surface area (Å²) in [5.41, 5.74) is 0.959. The van der Waals surface area contributed by atoms with Crippen LogP contribution in [0.5, 0.6) is 0 Å². The molecule has 1 unspecified atom stereocenters. The van der Waals surface area contributed by atoms with Crippen LogP contribution in [0, 0.1) is 0 Å². The van der Waals surface area contributed by atoms with Gasteiger partial charge in [-0.05, 0) is 25.0 Å². The highest BCUT2D eigenvalue weighted by molar-refractivity contribution is 5.24. The highest BCUT2D eigenvalue weighted by Crippen LogP contribution is 2.19. The van der Waals surface area contributed by atoms with E-state index in [2.05, 4.69) is 12.2 Å². The first kappa shape index (κ1) is 14.1. The molecule has 96 valence electrons. The van der Waals surface area contributed by atoms with Gasteiger partial charge in [0.05, 0.1) is 0 Å². The highest BCUT2D eigenvalue weighted by Gasteiger charge is 2.07. The molecule has 0 aliphatic carbocycles. The first-order valence-corrected chi connectivity index (χ1v) is 5.72. The molecule has 0 radical (unpaired) electrons. The van der Waals surface area contributed by atoms with Crippen LogP contribution in [0.1, 0.15) is 30.9 Å². The molecule has 0 aromatic heterocycles. The second-order valence-electron chi connectivity index (χ2n) is 4.11. The van der Waals surface area contributed by atoms with E-state index in [1.54, 1.807) is 19.2 Å². The van der Waals surface area contributed by atoms with Gasteiger partial charge >= 0.3 is 0 Å². The van der Waals surface area contributed by atoms with Crippen molar-refractivity contribution in [1.29, 1.82) is 0 Å². The van der Waals surface area contributed by atoms with Gasteiger partial charge in [0.15, 0.2) is 0 Å². The van der Waals surface area contributed by atoms with Crippen molar-refractivity contribution in [3.8, 4) is 0 Å². The van der Waals surface area contributed by atoms with Crippen LogP contribution in [0.3, 0.4) is 0 Å². The lowest BCUT2D eigenvalue weighted by Crippen LogP contribution is -2.26. The maximum atomic E-state index is 12.5. The summed E-state index contributed by atoms with van der Waals surface area (Å²) >= 11 is 0. The van der Waals surface area contributed by atoms with E-state index in [-0.39, 0.29) is 5.56 Å². The van der Waals surface area contributed by atoms with Crippen molar-refractivity contribution in [3.63, 3.8) is 0 Å². The molecule has 1 aromatic rings. The van der Waals surface area contributed by atoms with Crippen LogP contribution in [0.4, 0.5) is 8.78 Å². The Balaban J connectivity index is 2.43. The zero-order valence-corrected chi connectivity index (χ0v) is 10.2. The molecule has 2 nitrogen and oxygen atoms in total. The Bertz CT molecular complexity index is 331. The van der Waals surface area contributed by atoms with Gasteiger partial charge in [-0.1, -0.05) is 18.2 Å². The Morgan fingerprint density at radius 2 is 2.12 bits per heavy atom. The first-order chi connectivity index (χ1) is 8.13. The minimum absolute atomic E-state index is 0.0776. The van der Waals surface area contributed by atoms with Gasteiger partial charge < -0.3 is 10.1 Å². The SMILES string of the molecule is COCCC(C)NCc1cccc(C(F)F)c1. The van der Waals surface area contributed by atoms with Gasteiger partial charge in [0.25, 0.3) is 6.43 Å². The Kier molecular flexibility index (Phi) is 6.08. The van der Waals surface area contributed by atoms with Crippen LogP contribution in [0.25, 0.3) is 0 Å². The van der Waals surface area contributed by atoms with E-state index in [1.165, 1.54) is 6.07 Å². The smallest absolute Gasteiger partial charge is 0.263 e. The number of methoxy groups -OCH3 is 1. The molecule has 1 atom stereocenters. The summed E-state index contributed by atoms with van der Waals surface area (Å²) in [5, 5.41) is 3.27. The average Bonchev–Trinajstić information content (AvgIpc) is 2.34. The summed E-state index contributed by atoms with van der Waals surface area (Å²) < 4.78 is 29.9. The minimum Gasteiger partial charge on any atom is -0.385 e. The number of hydrogen-bond acceptors (Lipinski definition) is 2. The molecular weight excluding hydrogens is 224 g/mol. The number of hydrogen-bond donors (Lipinski definition) is 1. The van der Waals surface area contributed by atoms with Crippen LogP contribution in [0.2, 0.25) is 0 Å². The predicted molar refractivity (Wildman–Crippen MR) is 64.2 cm³/mol. The maximum Gasteiger partial charge on any atom is 0.263 e. The average molecular weight is 243 g/mol. The van der Waals surface area contributed by atoms with Crippen LogP contribution in [0.15, 0.2) is 24.3 Å². The summed E-state index contributed by atoms with van der Waals surface area (Å²) in [7, 11) is 1.67. The van der Waals surface area contributed by atoms with Crippen molar-refractivity contribution >= 4 is 0 Å². The Morgan fingerprint density at radius 3 is 2.76 bits per heavy atom. The summed E-state index contributed by atoms with van der Waals surface area (Å²) in [4.78, 5) is 0.